The molecule has 0 atom stereocenters. The third kappa shape index (κ3) is 3.48. The Morgan fingerprint density at radius 3 is 2.31 bits per heavy atom. The Morgan fingerprint density at radius 1 is 1.38 bits per heavy atom. The molecule has 0 N–H and O–H groups in total. The molecule has 0 aliphatic heterocycles. The molecule has 0 spiro atoms. The molecule has 4 heteroatoms. The molecule has 72 valence electrons. The highest BCUT2D eigenvalue weighted by Gasteiger charge is 2.02. The van der Waals surface area contributed by atoms with E-state index in [1.807, 2.05) is 12.1 Å². The molecule has 1 rings (SSSR count). The molecule has 0 aliphatic carbocycles. The van der Waals surface area contributed by atoms with Crippen LogP contribution in [0.3, 0.4) is 0 Å². The molecule has 0 bridgehead atoms. The van der Waals surface area contributed by atoms with E-state index in [1.54, 1.807) is 12.1 Å². The average Bonchev–Trinajstić information content (AvgIpc) is 2.17. The van der Waals surface area contributed by atoms with Crippen LogP contribution in [0, 0.1) is 0 Å². The van der Waals surface area contributed by atoms with Gasteiger partial charge in [-0.05, 0) is 17.7 Å². The van der Waals surface area contributed by atoms with Gasteiger partial charge in [-0.2, -0.15) is 0 Å². The van der Waals surface area contributed by atoms with Gasteiger partial charge in [0.1, 0.15) is 0 Å². The number of carbonyl (C=O) groups excluding carboxylic acids is 1. The molecule has 0 amide bonds. The van der Waals surface area contributed by atoms with Crippen LogP contribution < -0.4 is 0 Å². The highest BCUT2D eigenvalue weighted by atomic mass is 79.9. The monoisotopic (exact) mass is 308 g/mol. The largest absolute Gasteiger partial charge is 0.465 e. The number of ether oxygens (including phenoxy) is 1. The summed E-state index contributed by atoms with van der Waals surface area (Å²) in [7, 11) is 1.38. The fourth-order valence-corrected chi connectivity index (χ4v) is 1.22. The number of esters is 1. The van der Waals surface area contributed by atoms with E-state index in [9.17, 15) is 4.79 Å². The Balaban J connectivity index is 0.00000144. The zero-order chi connectivity index (χ0) is 8.97. The van der Waals surface area contributed by atoms with Crippen LogP contribution in [-0.2, 0) is 10.1 Å². The van der Waals surface area contributed by atoms with Crippen molar-refractivity contribution in [3.8, 4) is 0 Å². The van der Waals surface area contributed by atoms with Gasteiger partial charge in [-0.1, -0.05) is 28.1 Å². The summed E-state index contributed by atoms with van der Waals surface area (Å²) in [5.74, 6) is -0.295. The molecule has 0 fully saturated rings. The number of alkyl halides is 1. The van der Waals surface area contributed by atoms with Crippen LogP contribution in [0.4, 0.5) is 0 Å². The van der Waals surface area contributed by atoms with Gasteiger partial charge in [0.05, 0.1) is 12.7 Å². The molecular weight excluding hydrogens is 300 g/mol. The van der Waals surface area contributed by atoms with Crippen LogP contribution in [-0.4, -0.2) is 13.1 Å². The SMILES string of the molecule is Br.COC(=O)c1ccc(CBr)cc1. The van der Waals surface area contributed by atoms with Gasteiger partial charge in [-0.25, -0.2) is 4.79 Å². The normalized spacial score (nSPS) is 8.77. The van der Waals surface area contributed by atoms with Crippen molar-refractivity contribution in [1.82, 2.24) is 0 Å². The van der Waals surface area contributed by atoms with E-state index in [0.29, 0.717) is 5.56 Å². The number of rotatable bonds is 2. The molecule has 0 aliphatic rings. The zero-order valence-corrected chi connectivity index (χ0v) is 10.4. The lowest BCUT2D eigenvalue weighted by molar-refractivity contribution is 0.0601. The average molecular weight is 310 g/mol. The topological polar surface area (TPSA) is 26.3 Å². The summed E-state index contributed by atoms with van der Waals surface area (Å²) >= 11 is 3.32. The number of methoxy groups -OCH3 is 1. The van der Waals surface area contributed by atoms with Gasteiger partial charge >= 0.3 is 5.97 Å². The molecule has 0 heterocycles. The van der Waals surface area contributed by atoms with E-state index in [1.165, 1.54) is 7.11 Å². The summed E-state index contributed by atoms with van der Waals surface area (Å²) in [5.41, 5.74) is 1.73. The van der Waals surface area contributed by atoms with Crippen molar-refractivity contribution in [2.24, 2.45) is 0 Å². The second kappa shape index (κ2) is 6.16. The van der Waals surface area contributed by atoms with Gasteiger partial charge in [0.15, 0.2) is 0 Å². The van der Waals surface area contributed by atoms with E-state index >= 15 is 0 Å². The molecule has 13 heavy (non-hydrogen) atoms. The maximum atomic E-state index is 11.0. The molecule has 0 aromatic heterocycles. The minimum atomic E-state index is -0.295. The molecular formula is C9H10Br2O2. The van der Waals surface area contributed by atoms with E-state index in [-0.39, 0.29) is 23.0 Å². The van der Waals surface area contributed by atoms with Gasteiger partial charge in [0, 0.05) is 5.33 Å². The highest BCUT2D eigenvalue weighted by Crippen LogP contribution is 2.08. The van der Waals surface area contributed by atoms with Crippen molar-refractivity contribution in [2.45, 2.75) is 5.33 Å². The van der Waals surface area contributed by atoms with Crippen LogP contribution >= 0.6 is 32.9 Å². The number of hydrogen-bond acceptors (Lipinski definition) is 2. The lowest BCUT2D eigenvalue weighted by Gasteiger charge is -1.99. The van der Waals surface area contributed by atoms with Crippen molar-refractivity contribution in [2.75, 3.05) is 7.11 Å². The number of hydrogen-bond donors (Lipinski definition) is 0. The van der Waals surface area contributed by atoms with Crippen molar-refractivity contribution in [3.05, 3.63) is 35.4 Å². The van der Waals surface area contributed by atoms with Crippen LogP contribution in [0.1, 0.15) is 15.9 Å². The maximum absolute atomic E-state index is 11.0. The summed E-state index contributed by atoms with van der Waals surface area (Å²) in [6.07, 6.45) is 0. The highest BCUT2D eigenvalue weighted by molar-refractivity contribution is 9.08. The molecule has 0 saturated carbocycles. The smallest absolute Gasteiger partial charge is 0.337 e. The number of benzene rings is 1. The van der Waals surface area contributed by atoms with E-state index in [4.69, 9.17) is 0 Å². The fraction of sp³-hybridized carbons (Fsp3) is 0.222. The number of halogens is 2. The Kier molecular flexibility index (Phi) is 5.99. The third-order valence-electron chi connectivity index (χ3n) is 1.53. The fourth-order valence-electron chi connectivity index (χ4n) is 0.848. The van der Waals surface area contributed by atoms with Crippen molar-refractivity contribution < 1.29 is 9.53 Å². The minimum Gasteiger partial charge on any atom is -0.465 e. The van der Waals surface area contributed by atoms with Gasteiger partial charge < -0.3 is 4.74 Å². The molecule has 0 saturated heterocycles. The van der Waals surface area contributed by atoms with Gasteiger partial charge in [0.25, 0.3) is 0 Å². The van der Waals surface area contributed by atoms with Crippen LogP contribution in [0.5, 0.6) is 0 Å². The second-order valence-corrected chi connectivity index (χ2v) is 2.88. The van der Waals surface area contributed by atoms with Crippen molar-refractivity contribution >= 4 is 38.9 Å². The predicted octanol–water partition coefficient (Wildman–Crippen LogP) is 2.95. The predicted molar refractivity (Wildman–Crippen MR) is 60.7 cm³/mol. The van der Waals surface area contributed by atoms with Gasteiger partial charge in [-0.3, -0.25) is 0 Å². The third-order valence-corrected chi connectivity index (χ3v) is 2.18. The first-order valence-corrected chi connectivity index (χ1v) is 4.63. The Hall–Kier alpha value is -0.350. The van der Waals surface area contributed by atoms with Crippen LogP contribution in [0.25, 0.3) is 0 Å². The molecule has 0 radical (unpaired) electrons. The van der Waals surface area contributed by atoms with Crippen molar-refractivity contribution in [1.29, 1.82) is 0 Å². The van der Waals surface area contributed by atoms with Crippen molar-refractivity contribution in [3.63, 3.8) is 0 Å². The first kappa shape index (κ1) is 12.7. The summed E-state index contributed by atoms with van der Waals surface area (Å²) in [6.45, 7) is 0. The quantitative estimate of drug-likeness (QED) is 0.620. The summed E-state index contributed by atoms with van der Waals surface area (Å²) in [4.78, 5) is 11.0. The molecule has 1 aromatic carbocycles. The summed E-state index contributed by atoms with van der Waals surface area (Å²) in [5, 5.41) is 0.800. The lowest BCUT2D eigenvalue weighted by Crippen LogP contribution is -2.00. The zero-order valence-electron chi connectivity index (χ0n) is 7.12. The summed E-state index contributed by atoms with van der Waals surface area (Å²) < 4.78 is 4.56. The van der Waals surface area contributed by atoms with Crippen LogP contribution in [0.2, 0.25) is 0 Å². The Morgan fingerprint density at radius 2 is 1.92 bits per heavy atom. The second-order valence-electron chi connectivity index (χ2n) is 2.32. The van der Waals surface area contributed by atoms with Gasteiger partial charge in [0.2, 0.25) is 0 Å². The van der Waals surface area contributed by atoms with Gasteiger partial charge in [-0.15, -0.1) is 17.0 Å². The van der Waals surface area contributed by atoms with E-state index in [2.05, 4.69) is 20.7 Å². The molecule has 0 unspecified atom stereocenters. The first-order valence-electron chi connectivity index (χ1n) is 3.51. The minimum absolute atomic E-state index is 0. The van der Waals surface area contributed by atoms with Crippen LogP contribution in [0.15, 0.2) is 24.3 Å². The number of carbonyl (C=O) groups is 1. The Labute approximate surface area is 96.2 Å². The lowest BCUT2D eigenvalue weighted by atomic mass is 10.1. The maximum Gasteiger partial charge on any atom is 0.337 e. The summed E-state index contributed by atoms with van der Waals surface area (Å²) in [6, 6.07) is 7.28. The first-order chi connectivity index (χ1) is 5.77. The standard InChI is InChI=1S/C9H9BrO2.BrH/c1-12-9(11)8-4-2-7(6-10)3-5-8;/h2-5H,6H2,1H3;1H. The van der Waals surface area contributed by atoms with E-state index < -0.39 is 0 Å². The Bertz CT molecular complexity index is 269. The molecule has 1 aromatic rings. The molecule has 2 nitrogen and oxygen atoms in total. The van der Waals surface area contributed by atoms with E-state index in [0.717, 1.165) is 10.9 Å².